The summed E-state index contributed by atoms with van der Waals surface area (Å²) in [6.45, 7) is 0.901. The molecule has 2 bridgehead atoms. The Kier molecular flexibility index (Phi) is 12.6. The number of rotatable bonds is 6. The Morgan fingerprint density at radius 3 is 2.32 bits per heavy atom. The maximum Gasteiger partial charge on any atom is 2.00 e. The number of nitrogens with zero attached hydrogens (tertiary/aromatic N) is 3. The van der Waals surface area contributed by atoms with Crippen molar-refractivity contribution in [2.24, 2.45) is 11.3 Å². The number of carbonyl (C=O) groups is 2. The number of methoxy groups -OCH3 is 2. The van der Waals surface area contributed by atoms with Crippen molar-refractivity contribution in [3.63, 3.8) is 0 Å². The van der Waals surface area contributed by atoms with Gasteiger partial charge < -0.3 is 45.3 Å². The number of carbonyl (C=O) groups excluding carboxylic acids is 4. The van der Waals surface area contributed by atoms with Crippen molar-refractivity contribution in [2.75, 3.05) is 20.8 Å². The number of benzene rings is 1. The number of aromatic amines is 1. The van der Waals surface area contributed by atoms with Crippen LogP contribution < -0.4 is 0 Å². The summed E-state index contributed by atoms with van der Waals surface area (Å²) in [5.74, 6) is 1.41. The Labute approximate surface area is 263 Å². The zero-order valence-electron chi connectivity index (χ0n) is 23.1. The molecule has 3 N–H and O–H groups in total. The third-order valence-electron chi connectivity index (χ3n) is 8.36. The average Bonchev–Trinajstić information content (AvgIpc) is 3.32. The van der Waals surface area contributed by atoms with Crippen LogP contribution >= 0.6 is 0 Å². The number of piperidine rings is 1. The fourth-order valence-electron chi connectivity index (χ4n) is 6.25. The molecule has 12 nitrogen and oxygen atoms in total. The van der Waals surface area contributed by atoms with E-state index in [0.29, 0.717) is 23.4 Å². The second-order valence-electron chi connectivity index (χ2n) is 10.7. The fourth-order valence-corrected chi connectivity index (χ4v) is 6.25. The molecule has 1 spiro atoms. The summed E-state index contributed by atoms with van der Waals surface area (Å²) in [5.41, 5.74) is 15.6. The Balaban J connectivity index is 0.000000428. The number of hydrogen-bond acceptors (Lipinski definition) is 7. The normalized spacial score (nSPS) is 24.1. The molecule has 4 aliphatic rings. The number of hydrogen-bond donors (Lipinski definition) is 1. The Bertz CT molecular complexity index is 1190. The van der Waals surface area contributed by atoms with E-state index in [1.165, 1.54) is 24.8 Å². The zero-order chi connectivity index (χ0) is 28.2. The Morgan fingerprint density at radius 1 is 1.10 bits per heavy atom. The summed E-state index contributed by atoms with van der Waals surface area (Å²) in [5, 5.41) is 0. The number of ether oxygens (including phenoxy) is 2. The smallest absolute Gasteiger partial charge is 0.632 e. The molecule has 41 heavy (non-hydrogen) atoms. The Morgan fingerprint density at radius 2 is 1.76 bits per heavy atom. The zero-order valence-corrected chi connectivity index (χ0v) is 25.9. The summed E-state index contributed by atoms with van der Waals surface area (Å²) in [6.07, 6.45) is 11.3. The molecule has 6 rings (SSSR count). The molecular weight excluding hydrogens is 606 g/mol. The second-order valence-corrected chi connectivity index (χ2v) is 10.7. The number of aryl methyl sites for hydroxylation is 1. The van der Waals surface area contributed by atoms with E-state index in [2.05, 4.69) is 45.5 Å². The predicted molar refractivity (Wildman–Crippen MR) is 142 cm³/mol. The van der Waals surface area contributed by atoms with Crippen LogP contribution in [0, 0.1) is 11.3 Å². The molecule has 0 unspecified atom stereocenters. The van der Waals surface area contributed by atoms with Crippen LogP contribution in [0.15, 0.2) is 18.2 Å². The number of amides is 4. The molecule has 4 atom stereocenters. The molecule has 218 valence electrons. The van der Waals surface area contributed by atoms with Gasteiger partial charge in [-0.1, -0.05) is 6.07 Å². The van der Waals surface area contributed by atoms with Crippen LogP contribution in [0.1, 0.15) is 62.4 Å². The van der Waals surface area contributed by atoms with Crippen LogP contribution in [0.4, 0.5) is 9.59 Å². The van der Waals surface area contributed by atoms with Gasteiger partial charge in [-0.25, -0.2) is 4.98 Å². The van der Waals surface area contributed by atoms with E-state index in [9.17, 15) is 19.2 Å². The van der Waals surface area contributed by atoms with E-state index in [-0.39, 0.29) is 43.2 Å². The minimum Gasteiger partial charge on any atom is -0.632 e. The molecule has 4 fully saturated rings. The van der Waals surface area contributed by atoms with Crippen molar-refractivity contribution >= 4 is 36.0 Å². The molecular formula is C27H34N6O6V2. The van der Waals surface area contributed by atoms with Crippen molar-refractivity contribution in [3.8, 4) is 0 Å². The van der Waals surface area contributed by atoms with Gasteiger partial charge in [0.05, 0.1) is 31.3 Å². The van der Waals surface area contributed by atoms with Crippen molar-refractivity contribution in [2.45, 2.75) is 69.5 Å². The number of imidazole rings is 1. The second kappa shape index (κ2) is 15.0. The van der Waals surface area contributed by atoms with E-state index >= 15 is 0 Å². The number of fused-ring (bicyclic) bond motifs is 3. The minimum absolute atomic E-state index is 0. The molecule has 14 heteroatoms. The van der Waals surface area contributed by atoms with Gasteiger partial charge in [-0.15, -0.1) is 0 Å². The van der Waals surface area contributed by atoms with Crippen molar-refractivity contribution in [3.05, 3.63) is 41.1 Å². The van der Waals surface area contributed by atoms with Gasteiger partial charge in [-0.2, -0.15) is 12.8 Å². The maximum absolute atomic E-state index is 11.5. The SMILES string of the molecule is COC([NH-])=O.COC([NH-])=O.O=[C-]N1CC2(CC2)C[C@H]1CCc1ccc2nc([C@@H]3[C@H]4CC[C@H](C4)N3[C-]=O)[nH]c2c1.[V+2].[V+2]. The fraction of sp³-hybridized carbons (Fsp3) is 0.593. The molecule has 2 radical (unpaired) electrons. The first-order chi connectivity index (χ1) is 18.7. The van der Waals surface area contributed by atoms with Gasteiger partial charge in [0.2, 0.25) is 12.2 Å². The molecule has 4 amide bonds. The third-order valence-corrected chi connectivity index (χ3v) is 8.36. The molecule has 2 saturated carbocycles. The summed E-state index contributed by atoms with van der Waals surface area (Å²) >= 11 is 0. The first kappa shape index (κ1) is 34.5. The van der Waals surface area contributed by atoms with Crippen molar-refractivity contribution < 1.29 is 65.8 Å². The van der Waals surface area contributed by atoms with E-state index in [4.69, 9.17) is 16.5 Å². The third kappa shape index (κ3) is 8.22. The molecule has 2 saturated heterocycles. The number of H-pyrrole nitrogens is 1. The van der Waals surface area contributed by atoms with Gasteiger partial charge in [-0.05, 0) is 86.9 Å². The Hall–Kier alpha value is -2.66. The van der Waals surface area contributed by atoms with Gasteiger partial charge in [0, 0.05) is 12.1 Å². The minimum atomic E-state index is -0.995. The van der Waals surface area contributed by atoms with Gasteiger partial charge in [-0.3, -0.25) is 9.59 Å². The number of likely N-dealkylation sites (tertiary alicyclic amines) is 2. The van der Waals surface area contributed by atoms with Gasteiger partial charge >= 0.3 is 37.1 Å². The first-order valence-corrected chi connectivity index (χ1v) is 13.1. The standard InChI is InChI=1S/C23H26N4O2.2C2H5NO2.2V/c28-13-26-12-23(7-8-23)11-18(26)4-1-15-2-6-19-20(9-15)25-22(24-19)21-16-3-5-17(10-16)27(21)14-29;2*1-5-2(3)4;;/h2,6,9,16-18,21H,1,3-5,7-8,10-12H2,(H,24,25);2*1H3,(H2,3,4);;/q-2;;;2*+2/p-2/t16-,17+,18+,21-;;;;/m0..../s1. The monoisotopic (exact) mass is 640 g/mol. The molecule has 2 aliphatic heterocycles. The largest absolute Gasteiger partial charge is 2.00 e. The van der Waals surface area contributed by atoms with E-state index in [1.54, 1.807) is 0 Å². The van der Waals surface area contributed by atoms with Crippen LogP contribution in [-0.4, -0.2) is 77.6 Å². The van der Waals surface area contributed by atoms with Crippen LogP contribution in [-0.2, 0) is 62.6 Å². The molecule has 2 aromatic rings. The molecule has 3 heterocycles. The summed E-state index contributed by atoms with van der Waals surface area (Å²) in [7, 11) is 2.32. The van der Waals surface area contributed by atoms with Crippen LogP contribution in [0.25, 0.3) is 22.5 Å². The van der Waals surface area contributed by atoms with Gasteiger partial charge in [0.25, 0.3) is 0 Å². The van der Waals surface area contributed by atoms with Crippen molar-refractivity contribution in [1.29, 1.82) is 0 Å². The number of aromatic nitrogens is 2. The quantitative estimate of drug-likeness (QED) is 0.450. The van der Waals surface area contributed by atoms with Crippen LogP contribution in [0.3, 0.4) is 0 Å². The average molecular weight is 640 g/mol. The van der Waals surface area contributed by atoms with Crippen molar-refractivity contribution in [1.82, 2.24) is 19.8 Å². The maximum atomic E-state index is 11.5. The summed E-state index contributed by atoms with van der Waals surface area (Å²) in [6, 6.07) is 7.12. The predicted octanol–water partition coefficient (Wildman–Crippen LogP) is 4.61. The van der Waals surface area contributed by atoms with Gasteiger partial charge in [0.15, 0.2) is 0 Å². The molecule has 2 aliphatic carbocycles. The van der Waals surface area contributed by atoms with E-state index in [0.717, 1.165) is 69.7 Å². The van der Waals surface area contributed by atoms with E-state index < -0.39 is 12.2 Å². The first-order valence-electron chi connectivity index (χ1n) is 13.1. The summed E-state index contributed by atoms with van der Waals surface area (Å²) < 4.78 is 7.56. The van der Waals surface area contributed by atoms with Gasteiger partial charge in [0.1, 0.15) is 5.82 Å². The van der Waals surface area contributed by atoms with E-state index in [1.807, 2.05) is 9.80 Å². The molecule has 1 aromatic carbocycles. The van der Waals surface area contributed by atoms with Crippen LogP contribution in [0.2, 0.25) is 0 Å². The topological polar surface area (TPSA) is 169 Å². The number of nitrogens with one attached hydrogen (secondary N) is 3. The summed E-state index contributed by atoms with van der Waals surface area (Å²) in [4.78, 5) is 53.4. The molecule has 1 aromatic heterocycles. The van der Waals surface area contributed by atoms with Crippen LogP contribution in [0.5, 0.6) is 0 Å².